The average molecular weight is 343 g/mol. The lowest BCUT2D eigenvalue weighted by Gasteiger charge is -2.30. The van der Waals surface area contributed by atoms with E-state index in [1.807, 2.05) is 0 Å². The molecular weight excluding hydrogens is 323 g/mol. The van der Waals surface area contributed by atoms with Gasteiger partial charge in [-0.2, -0.15) is 13.2 Å². The van der Waals surface area contributed by atoms with Gasteiger partial charge in [0.05, 0.1) is 20.1 Å². The molecule has 3 rings (SSSR count). The number of piperidine rings is 1. The topological polar surface area (TPSA) is 38.8 Å². The van der Waals surface area contributed by atoms with E-state index in [4.69, 9.17) is 9.47 Å². The van der Waals surface area contributed by atoms with E-state index >= 15 is 0 Å². The Labute approximate surface area is 138 Å². The Bertz CT molecular complexity index is 646. The van der Waals surface area contributed by atoms with Gasteiger partial charge in [0.1, 0.15) is 11.5 Å². The third-order valence-corrected chi connectivity index (χ3v) is 5.08. The quantitative estimate of drug-likeness (QED) is 0.842. The Kier molecular flexibility index (Phi) is 4.13. The van der Waals surface area contributed by atoms with E-state index in [9.17, 15) is 18.0 Å². The number of rotatable bonds is 4. The number of methoxy groups -OCH3 is 2. The van der Waals surface area contributed by atoms with E-state index in [2.05, 4.69) is 0 Å². The molecule has 4 nitrogen and oxygen atoms in total. The summed E-state index contributed by atoms with van der Waals surface area (Å²) in [4.78, 5) is 13.7. The van der Waals surface area contributed by atoms with Crippen LogP contribution in [0.4, 0.5) is 13.2 Å². The molecule has 24 heavy (non-hydrogen) atoms. The number of fused-ring (bicyclic) bond motifs is 1. The van der Waals surface area contributed by atoms with Gasteiger partial charge in [0.15, 0.2) is 0 Å². The monoisotopic (exact) mass is 343 g/mol. The first-order valence-electron chi connectivity index (χ1n) is 7.85. The van der Waals surface area contributed by atoms with E-state index in [1.54, 1.807) is 25.1 Å². The Morgan fingerprint density at radius 1 is 1.25 bits per heavy atom. The van der Waals surface area contributed by atoms with Crippen LogP contribution in [-0.2, 0) is 11.3 Å². The van der Waals surface area contributed by atoms with Gasteiger partial charge in [0, 0.05) is 30.6 Å². The molecule has 1 amide bonds. The van der Waals surface area contributed by atoms with Crippen molar-refractivity contribution in [2.45, 2.75) is 32.1 Å². The summed E-state index contributed by atoms with van der Waals surface area (Å²) in [5.41, 5.74) is 0.674. The molecule has 1 heterocycles. The lowest BCUT2D eigenvalue weighted by molar-refractivity contribution is -0.155. The molecule has 0 aromatic heterocycles. The minimum absolute atomic E-state index is 0.118. The molecule has 1 aliphatic carbocycles. The fraction of sp³-hybridized carbons (Fsp3) is 0.588. The van der Waals surface area contributed by atoms with Gasteiger partial charge in [0.2, 0.25) is 5.91 Å². The highest BCUT2D eigenvalue weighted by Crippen LogP contribution is 2.59. The molecule has 2 fully saturated rings. The number of likely N-dealkylation sites (tertiary alicyclic amines) is 1. The number of halogens is 3. The van der Waals surface area contributed by atoms with E-state index in [0.717, 1.165) is 0 Å². The Morgan fingerprint density at radius 3 is 2.54 bits per heavy atom. The number of alkyl halides is 3. The molecule has 1 saturated carbocycles. The molecule has 0 bridgehead atoms. The summed E-state index contributed by atoms with van der Waals surface area (Å²) in [5.74, 6) is -1.28. The molecular formula is C17H20F3NO3. The van der Waals surface area contributed by atoms with Crippen molar-refractivity contribution in [3.8, 4) is 11.5 Å². The molecule has 1 saturated heterocycles. The summed E-state index contributed by atoms with van der Waals surface area (Å²) in [6.07, 6.45) is -4.11. The van der Waals surface area contributed by atoms with E-state index in [1.165, 1.54) is 19.1 Å². The van der Waals surface area contributed by atoms with Gasteiger partial charge in [-0.05, 0) is 24.0 Å². The lowest BCUT2D eigenvalue weighted by atomic mass is 9.96. The fourth-order valence-electron chi connectivity index (χ4n) is 3.88. The average Bonchev–Trinajstić information content (AvgIpc) is 3.27. The summed E-state index contributed by atoms with van der Waals surface area (Å²) >= 11 is 0. The van der Waals surface area contributed by atoms with Crippen molar-refractivity contribution < 1.29 is 27.4 Å². The molecule has 1 aliphatic heterocycles. The van der Waals surface area contributed by atoms with Gasteiger partial charge in [-0.1, -0.05) is 6.92 Å². The summed E-state index contributed by atoms with van der Waals surface area (Å²) in [6, 6.07) is 4.34. The molecule has 0 N–H and O–H groups in total. The first-order chi connectivity index (χ1) is 11.3. The first-order valence-corrected chi connectivity index (χ1v) is 7.85. The minimum Gasteiger partial charge on any atom is -0.497 e. The second-order valence-corrected chi connectivity index (χ2v) is 6.52. The number of hydrogen-bond donors (Lipinski definition) is 0. The maximum absolute atomic E-state index is 13.2. The highest BCUT2D eigenvalue weighted by Gasteiger charge is 2.70. The van der Waals surface area contributed by atoms with E-state index < -0.39 is 24.1 Å². The summed E-state index contributed by atoms with van der Waals surface area (Å²) in [7, 11) is 3.00. The maximum atomic E-state index is 13.2. The van der Waals surface area contributed by atoms with Gasteiger partial charge < -0.3 is 14.4 Å². The Morgan fingerprint density at radius 2 is 1.96 bits per heavy atom. The van der Waals surface area contributed by atoms with Crippen molar-refractivity contribution in [3.05, 3.63) is 23.8 Å². The Hall–Kier alpha value is -1.92. The smallest absolute Gasteiger partial charge is 0.394 e. The van der Waals surface area contributed by atoms with Crippen LogP contribution in [0.25, 0.3) is 0 Å². The molecule has 0 unspecified atom stereocenters. The van der Waals surface area contributed by atoms with Gasteiger partial charge >= 0.3 is 6.18 Å². The highest BCUT2D eigenvalue weighted by molar-refractivity contribution is 5.79. The first kappa shape index (κ1) is 16.9. The predicted molar refractivity (Wildman–Crippen MR) is 80.7 cm³/mol. The SMILES string of the molecule is COc1ccc(CN2C(=O)C[C@H](C)[C@@H]3[C@H]2[C@@H]3C(F)(F)F)c(OC)c1. The van der Waals surface area contributed by atoms with Gasteiger partial charge in [-0.25, -0.2) is 0 Å². The van der Waals surface area contributed by atoms with Crippen LogP contribution in [0.1, 0.15) is 18.9 Å². The van der Waals surface area contributed by atoms with Crippen LogP contribution in [0.3, 0.4) is 0 Å². The predicted octanol–water partition coefficient (Wildman–Crippen LogP) is 3.25. The zero-order valence-corrected chi connectivity index (χ0v) is 13.8. The normalized spacial score (nSPS) is 29.2. The van der Waals surface area contributed by atoms with Gasteiger partial charge in [-0.15, -0.1) is 0 Å². The highest BCUT2D eigenvalue weighted by atomic mass is 19.4. The van der Waals surface area contributed by atoms with Crippen molar-refractivity contribution in [1.29, 1.82) is 0 Å². The minimum atomic E-state index is -4.27. The van der Waals surface area contributed by atoms with Crippen LogP contribution in [-0.4, -0.2) is 37.2 Å². The summed E-state index contributed by atoms with van der Waals surface area (Å²) < 4.78 is 50.1. The zero-order chi connectivity index (χ0) is 17.6. The molecule has 2 aliphatic rings. The van der Waals surface area contributed by atoms with Crippen molar-refractivity contribution in [2.75, 3.05) is 14.2 Å². The molecule has 132 valence electrons. The molecule has 7 heteroatoms. The molecule has 1 aromatic carbocycles. The molecule has 4 atom stereocenters. The second kappa shape index (κ2) is 5.86. The third kappa shape index (κ3) is 2.80. The number of ether oxygens (including phenoxy) is 2. The number of nitrogens with zero attached hydrogens (tertiary/aromatic N) is 1. The summed E-state index contributed by atoms with van der Waals surface area (Å²) in [5, 5.41) is 0. The number of hydrogen-bond acceptors (Lipinski definition) is 3. The van der Waals surface area contributed by atoms with Crippen LogP contribution >= 0.6 is 0 Å². The van der Waals surface area contributed by atoms with Crippen LogP contribution in [0.5, 0.6) is 11.5 Å². The van der Waals surface area contributed by atoms with E-state index in [0.29, 0.717) is 17.1 Å². The largest absolute Gasteiger partial charge is 0.497 e. The van der Waals surface area contributed by atoms with Crippen molar-refractivity contribution in [3.63, 3.8) is 0 Å². The fourth-order valence-corrected chi connectivity index (χ4v) is 3.88. The van der Waals surface area contributed by atoms with Crippen LogP contribution in [0, 0.1) is 17.8 Å². The van der Waals surface area contributed by atoms with Crippen LogP contribution in [0.2, 0.25) is 0 Å². The molecule has 1 aromatic rings. The maximum Gasteiger partial charge on any atom is 0.394 e. The van der Waals surface area contributed by atoms with Gasteiger partial charge in [0.25, 0.3) is 0 Å². The van der Waals surface area contributed by atoms with E-state index in [-0.39, 0.29) is 24.8 Å². The number of amides is 1. The number of carbonyl (C=O) groups excluding carboxylic acids is 1. The van der Waals surface area contributed by atoms with Crippen molar-refractivity contribution >= 4 is 5.91 Å². The third-order valence-electron chi connectivity index (χ3n) is 5.08. The van der Waals surface area contributed by atoms with Crippen LogP contribution < -0.4 is 9.47 Å². The molecule has 0 spiro atoms. The van der Waals surface area contributed by atoms with Crippen molar-refractivity contribution in [2.24, 2.45) is 17.8 Å². The van der Waals surface area contributed by atoms with Gasteiger partial charge in [-0.3, -0.25) is 4.79 Å². The number of benzene rings is 1. The second-order valence-electron chi connectivity index (χ2n) is 6.52. The Balaban J connectivity index is 1.85. The number of carbonyl (C=O) groups is 1. The zero-order valence-electron chi connectivity index (χ0n) is 13.8. The standard InChI is InChI=1S/C17H20F3NO3/c1-9-6-13(22)21(16-14(9)15(16)17(18,19)20)8-10-4-5-11(23-2)7-12(10)24-3/h4-5,7,9,14-16H,6,8H2,1-3H3/t9-,14-,15+,16-/m0/s1. The lowest BCUT2D eigenvalue weighted by Crippen LogP contribution is -2.39. The summed E-state index contributed by atoms with van der Waals surface area (Å²) in [6.45, 7) is 1.85. The molecule has 0 radical (unpaired) electrons. The van der Waals surface area contributed by atoms with Crippen LogP contribution in [0.15, 0.2) is 18.2 Å². The van der Waals surface area contributed by atoms with Crippen molar-refractivity contribution in [1.82, 2.24) is 4.90 Å².